The number of nitrogens with zero attached hydrogens (tertiary/aromatic N) is 5. The van der Waals surface area contributed by atoms with E-state index in [1.165, 1.54) is 29.8 Å². The van der Waals surface area contributed by atoms with E-state index in [2.05, 4.69) is 73.2 Å². The molecule has 6 heteroatoms. The van der Waals surface area contributed by atoms with Crippen molar-refractivity contribution in [2.24, 2.45) is 0 Å². The topological polar surface area (TPSA) is 38.4 Å². The maximum Gasteiger partial charge on any atom is 0.193 e. The summed E-state index contributed by atoms with van der Waals surface area (Å²) in [6.07, 6.45) is 13.2. The van der Waals surface area contributed by atoms with Crippen LogP contribution < -0.4 is 0 Å². The summed E-state index contributed by atoms with van der Waals surface area (Å²) in [6, 6.07) is 11.7. The zero-order valence-corrected chi connectivity index (χ0v) is 17.3. The number of imidazole rings is 2. The first kappa shape index (κ1) is 17.4. The van der Waals surface area contributed by atoms with Crippen LogP contribution in [0.2, 0.25) is 0 Å². The van der Waals surface area contributed by atoms with Crippen LogP contribution in [0, 0.1) is 0 Å². The van der Waals surface area contributed by atoms with Gasteiger partial charge in [-0.25, -0.2) is 9.97 Å². The highest BCUT2D eigenvalue weighted by Gasteiger charge is 2.40. The smallest absolute Gasteiger partial charge is 0.193 e. The van der Waals surface area contributed by atoms with Gasteiger partial charge >= 0.3 is 0 Å². The second-order valence-electron chi connectivity index (χ2n) is 8.47. The quantitative estimate of drug-likeness (QED) is 0.492. The maximum absolute atomic E-state index is 5.04. The number of fused-ring (bicyclic) bond motifs is 1. The number of aromatic nitrogens is 4. The van der Waals surface area contributed by atoms with E-state index in [0.717, 1.165) is 37.4 Å². The number of likely N-dealkylation sites (tertiary alicyclic amines) is 1. The standard InChI is InChI=1S/C23H25N5S/c1-2-4-18(5-3-1)23(21-16-27-12-13-29-22(27)25-21)8-10-26(11-9-23)15-20-14-24-17-28(20)19-6-7-19/h1-5,12-14,16-17,19H,6-11,15H2. The van der Waals surface area contributed by atoms with Crippen LogP contribution in [-0.2, 0) is 12.0 Å². The van der Waals surface area contributed by atoms with E-state index in [1.54, 1.807) is 11.3 Å². The lowest BCUT2D eigenvalue weighted by atomic mass is 9.70. The molecule has 4 heterocycles. The fourth-order valence-electron chi connectivity index (χ4n) is 4.87. The minimum atomic E-state index is 0.000235. The minimum Gasteiger partial charge on any atom is -0.330 e. The molecule has 1 aliphatic carbocycles. The van der Waals surface area contributed by atoms with Crippen LogP contribution >= 0.6 is 11.3 Å². The Hall–Kier alpha value is -2.44. The van der Waals surface area contributed by atoms with Gasteiger partial charge in [0.25, 0.3) is 0 Å². The Morgan fingerprint density at radius 1 is 1.10 bits per heavy atom. The van der Waals surface area contributed by atoms with E-state index in [9.17, 15) is 0 Å². The van der Waals surface area contributed by atoms with E-state index < -0.39 is 0 Å². The van der Waals surface area contributed by atoms with E-state index in [-0.39, 0.29) is 5.41 Å². The summed E-state index contributed by atoms with van der Waals surface area (Å²) >= 11 is 1.71. The third-order valence-electron chi connectivity index (χ3n) is 6.69. The summed E-state index contributed by atoms with van der Waals surface area (Å²) in [6.45, 7) is 3.16. The Morgan fingerprint density at radius 2 is 1.93 bits per heavy atom. The van der Waals surface area contributed by atoms with Crippen LogP contribution in [0.1, 0.15) is 48.7 Å². The first-order valence-electron chi connectivity index (χ1n) is 10.5. The highest BCUT2D eigenvalue weighted by molar-refractivity contribution is 7.15. The Kier molecular flexibility index (Phi) is 4.09. The van der Waals surface area contributed by atoms with Gasteiger partial charge in [-0.1, -0.05) is 30.3 Å². The van der Waals surface area contributed by atoms with E-state index in [0.29, 0.717) is 6.04 Å². The van der Waals surface area contributed by atoms with Crippen LogP contribution in [-0.4, -0.2) is 36.9 Å². The van der Waals surface area contributed by atoms with Crippen molar-refractivity contribution < 1.29 is 0 Å². The number of benzene rings is 1. The highest BCUT2D eigenvalue weighted by atomic mass is 32.1. The Labute approximate surface area is 174 Å². The lowest BCUT2D eigenvalue weighted by Crippen LogP contribution is -2.43. The average molecular weight is 404 g/mol. The zero-order chi connectivity index (χ0) is 19.3. The van der Waals surface area contributed by atoms with Gasteiger partial charge in [0.2, 0.25) is 0 Å². The predicted molar refractivity (Wildman–Crippen MR) is 115 cm³/mol. The number of thiazole rings is 1. The van der Waals surface area contributed by atoms with E-state index >= 15 is 0 Å². The van der Waals surface area contributed by atoms with Crippen molar-refractivity contribution >= 4 is 16.3 Å². The van der Waals surface area contributed by atoms with Gasteiger partial charge in [-0.05, 0) is 44.3 Å². The molecule has 0 atom stereocenters. The molecule has 1 saturated carbocycles. The molecule has 1 saturated heterocycles. The second-order valence-corrected chi connectivity index (χ2v) is 9.34. The fraction of sp³-hybridized carbons (Fsp3) is 0.391. The van der Waals surface area contributed by atoms with Crippen LogP contribution in [0.3, 0.4) is 0 Å². The third kappa shape index (κ3) is 3.02. The lowest BCUT2D eigenvalue weighted by Gasteiger charge is -2.41. The molecule has 4 aromatic rings. The predicted octanol–water partition coefficient (Wildman–Crippen LogP) is 4.51. The molecule has 0 unspecified atom stereocenters. The van der Waals surface area contributed by atoms with Gasteiger partial charge in [0.1, 0.15) is 0 Å². The minimum absolute atomic E-state index is 0.000235. The molecule has 0 spiro atoms. The van der Waals surface area contributed by atoms with Crippen molar-refractivity contribution in [2.75, 3.05) is 13.1 Å². The number of piperidine rings is 1. The SMILES string of the molecule is c1ccc(C2(c3cn4ccsc4n3)CCN(Cc3cncn3C3CC3)CC2)cc1. The molecular weight excluding hydrogens is 378 g/mol. The van der Waals surface area contributed by atoms with Gasteiger partial charge < -0.3 is 4.57 Å². The van der Waals surface area contributed by atoms with Crippen molar-refractivity contribution in [3.8, 4) is 0 Å². The van der Waals surface area contributed by atoms with Crippen molar-refractivity contribution in [3.05, 3.63) is 77.6 Å². The summed E-state index contributed by atoms with van der Waals surface area (Å²) in [5.74, 6) is 0. The molecule has 1 aliphatic heterocycles. The number of hydrogen-bond acceptors (Lipinski definition) is 4. The normalized spacial score (nSPS) is 19.7. The Morgan fingerprint density at radius 3 is 2.69 bits per heavy atom. The number of rotatable bonds is 5. The largest absolute Gasteiger partial charge is 0.330 e. The monoisotopic (exact) mass is 403 g/mol. The molecule has 29 heavy (non-hydrogen) atoms. The molecule has 2 aliphatic rings. The Balaban J connectivity index is 1.28. The fourth-order valence-corrected chi connectivity index (χ4v) is 5.57. The van der Waals surface area contributed by atoms with Crippen molar-refractivity contribution in [1.82, 2.24) is 23.8 Å². The van der Waals surface area contributed by atoms with Crippen LogP contribution in [0.5, 0.6) is 0 Å². The number of hydrogen-bond donors (Lipinski definition) is 0. The molecule has 1 aromatic carbocycles. The summed E-state index contributed by atoms with van der Waals surface area (Å²) in [5, 5.41) is 2.10. The Bertz CT molecular complexity index is 1080. The van der Waals surface area contributed by atoms with Gasteiger partial charge in [-0.3, -0.25) is 9.30 Å². The van der Waals surface area contributed by atoms with Crippen LogP contribution in [0.4, 0.5) is 0 Å². The van der Waals surface area contributed by atoms with Gasteiger partial charge in [-0.15, -0.1) is 11.3 Å². The molecule has 0 radical (unpaired) electrons. The summed E-state index contributed by atoms with van der Waals surface area (Å²) in [5.41, 5.74) is 3.98. The maximum atomic E-state index is 5.04. The molecule has 148 valence electrons. The van der Waals surface area contributed by atoms with Gasteiger partial charge in [0.15, 0.2) is 4.96 Å². The molecule has 3 aromatic heterocycles. The molecule has 6 rings (SSSR count). The lowest BCUT2D eigenvalue weighted by molar-refractivity contribution is 0.167. The first-order chi connectivity index (χ1) is 14.3. The van der Waals surface area contributed by atoms with Crippen molar-refractivity contribution in [2.45, 2.75) is 43.7 Å². The zero-order valence-electron chi connectivity index (χ0n) is 16.4. The molecular formula is C23H25N5S. The third-order valence-corrected chi connectivity index (χ3v) is 7.46. The molecule has 2 fully saturated rings. The first-order valence-corrected chi connectivity index (χ1v) is 11.4. The molecule has 0 N–H and O–H groups in total. The van der Waals surface area contributed by atoms with Crippen LogP contribution in [0.25, 0.3) is 4.96 Å². The van der Waals surface area contributed by atoms with Crippen LogP contribution in [0.15, 0.2) is 60.6 Å². The highest BCUT2D eigenvalue weighted by Crippen LogP contribution is 2.42. The summed E-state index contributed by atoms with van der Waals surface area (Å²) in [7, 11) is 0. The average Bonchev–Trinajstić information content (AvgIpc) is 3.13. The molecule has 0 amide bonds. The van der Waals surface area contributed by atoms with Crippen molar-refractivity contribution in [1.29, 1.82) is 0 Å². The van der Waals surface area contributed by atoms with Gasteiger partial charge in [0.05, 0.1) is 17.7 Å². The van der Waals surface area contributed by atoms with E-state index in [4.69, 9.17) is 4.98 Å². The second kappa shape index (κ2) is 6.82. The summed E-state index contributed by atoms with van der Waals surface area (Å²) < 4.78 is 4.56. The van der Waals surface area contributed by atoms with Crippen molar-refractivity contribution in [3.63, 3.8) is 0 Å². The van der Waals surface area contributed by atoms with E-state index in [1.807, 2.05) is 6.33 Å². The molecule has 0 bridgehead atoms. The van der Waals surface area contributed by atoms with Gasteiger partial charge in [-0.2, -0.15) is 0 Å². The molecule has 5 nitrogen and oxygen atoms in total. The van der Waals surface area contributed by atoms with Gasteiger partial charge in [0, 0.05) is 42.0 Å². The summed E-state index contributed by atoms with van der Waals surface area (Å²) in [4.78, 5) is 13.1.